The average molecular weight is 316 g/mol. The Balaban J connectivity index is 1.93. The van der Waals surface area contributed by atoms with Gasteiger partial charge < -0.3 is 14.2 Å². The van der Waals surface area contributed by atoms with E-state index in [1.54, 1.807) is 29.2 Å². The summed E-state index contributed by atoms with van der Waals surface area (Å²) in [6.45, 7) is -0.973. The molecule has 0 atom stereocenters. The van der Waals surface area contributed by atoms with Gasteiger partial charge in [0.05, 0.1) is 32.2 Å². The van der Waals surface area contributed by atoms with E-state index >= 15 is 0 Å². The fraction of sp³-hybridized carbons (Fsp3) is 0.357. The van der Waals surface area contributed by atoms with Gasteiger partial charge in [-0.2, -0.15) is 13.2 Å². The SMILES string of the molecule is O=C(CN(Cc1ccco1)Cc1ccco1)NCC(F)(F)F. The first kappa shape index (κ1) is 16.2. The van der Waals surface area contributed by atoms with Crippen LogP contribution in [0.1, 0.15) is 11.5 Å². The third-order valence-electron chi connectivity index (χ3n) is 2.77. The van der Waals surface area contributed by atoms with Gasteiger partial charge in [-0.1, -0.05) is 0 Å². The van der Waals surface area contributed by atoms with Gasteiger partial charge in [0.25, 0.3) is 0 Å². The van der Waals surface area contributed by atoms with Crippen molar-refractivity contribution in [3.63, 3.8) is 0 Å². The molecule has 0 saturated heterocycles. The van der Waals surface area contributed by atoms with Crippen molar-refractivity contribution in [3.8, 4) is 0 Å². The van der Waals surface area contributed by atoms with Crippen LogP contribution in [0.3, 0.4) is 0 Å². The molecule has 0 saturated carbocycles. The molecule has 0 bridgehead atoms. The predicted octanol–water partition coefficient (Wildman–Crippen LogP) is 2.55. The lowest BCUT2D eigenvalue weighted by Crippen LogP contribution is -2.40. The molecule has 0 radical (unpaired) electrons. The molecule has 0 fully saturated rings. The van der Waals surface area contributed by atoms with Gasteiger partial charge >= 0.3 is 6.18 Å². The number of alkyl halides is 3. The molecule has 0 spiro atoms. The summed E-state index contributed by atoms with van der Waals surface area (Å²) in [6, 6.07) is 6.85. The topological polar surface area (TPSA) is 58.6 Å². The van der Waals surface area contributed by atoms with Gasteiger partial charge in [-0.15, -0.1) is 0 Å². The number of halogens is 3. The Morgan fingerprint density at radius 1 is 1.09 bits per heavy atom. The fourth-order valence-corrected chi connectivity index (χ4v) is 1.87. The molecular weight excluding hydrogens is 301 g/mol. The van der Waals surface area contributed by atoms with Gasteiger partial charge in [0.1, 0.15) is 18.1 Å². The summed E-state index contributed by atoms with van der Waals surface area (Å²) in [5.41, 5.74) is 0. The van der Waals surface area contributed by atoms with Crippen LogP contribution in [0, 0.1) is 0 Å². The van der Waals surface area contributed by atoms with Crippen LogP contribution in [0.25, 0.3) is 0 Å². The van der Waals surface area contributed by atoms with E-state index in [2.05, 4.69) is 0 Å². The first-order chi connectivity index (χ1) is 10.4. The highest BCUT2D eigenvalue weighted by atomic mass is 19.4. The average Bonchev–Trinajstić information content (AvgIpc) is 3.09. The number of amides is 1. The zero-order valence-corrected chi connectivity index (χ0v) is 11.6. The second-order valence-electron chi connectivity index (χ2n) is 4.70. The van der Waals surface area contributed by atoms with Crippen molar-refractivity contribution in [2.24, 2.45) is 0 Å². The van der Waals surface area contributed by atoms with E-state index in [1.165, 1.54) is 12.5 Å². The Kier molecular flexibility index (Phi) is 5.26. The highest BCUT2D eigenvalue weighted by molar-refractivity contribution is 5.78. The number of rotatable bonds is 7. The Morgan fingerprint density at radius 2 is 1.64 bits per heavy atom. The lowest BCUT2D eigenvalue weighted by molar-refractivity contribution is -0.139. The third-order valence-corrected chi connectivity index (χ3v) is 2.77. The highest BCUT2D eigenvalue weighted by Gasteiger charge is 2.28. The van der Waals surface area contributed by atoms with E-state index in [-0.39, 0.29) is 19.6 Å². The van der Waals surface area contributed by atoms with Crippen molar-refractivity contribution < 1.29 is 26.8 Å². The van der Waals surface area contributed by atoms with Gasteiger partial charge in [-0.3, -0.25) is 9.69 Å². The minimum atomic E-state index is -4.43. The van der Waals surface area contributed by atoms with Gasteiger partial charge in [0.15, 0.2) is 0 Å². The molecule has 2 aromatic rings. The maximum atomic E-state index is 12.1. The monoisotopic (exact) mass is 316 g/mol. The van der Waals surface area contributed by atoms with E-state index in [0.717, 1.165) is 0 Å². The van der Waals surface area contributed by atoms with Crippen molar-refractivity contribution in [1.29, 1.82) is 0 Å². The predicted molar refractivity (Wildman–Crippen MR) is 70.6 cm³/mol. The second kappa shape index (κ2) is 7.17. The maximum absolute atomic E-state index is 12.1. The summed E-state index contributed by atoms with van der Waals surface area (Å²) in [4.78, 5) is 13.3. The Bertz CT molecular complexity index is 528. The zero-order valence-electron chi connectivity index (χ0n) is 11.6. The molecule has 5 nitrogen and oxygen atoms in total. The van der Waals surface area contributed by atoms with Gasteiger partial charge in [-0.05, 0) is 24.3 Å². The van der Waals surface area contributed by atoms with E-state index < -0.39 is 18.6 Å². The van der Waals surface area contributed by atoms with Crippen molar-refractivity contribution in [1.82, 2.24) is 10.2 Å². The molecule has 0 unspecified atom stereocenters. The molecule has 8 heteroatoms. The molecule has 2 rings (SSSR count). The lowest BCUT2D eigenvalue weighted by Gasteiger charge is -2.19. The van der Waals surface area contributed by atoms with Gasteiger partial charge in [0, 0.05) is 0 Å². The van der Waals surface area contributed by atoms with E-state index in [9.17, 15) is 18.0 Å². The van der Waals surface area contributed by atoms with Gasteiger partial charge in [0.2, 0.25) is 5.91 Å². The number of carbonyl (C=O) groups is 1. The molecule has 1 N–H and O–H groups in total. The number of carbonyl (C=O) groups excluding carboxylic acids is 1. The Labute approximate surface area is 124 Å². The number of nitrogens with zero attached hydrogens (tertiary/aromatic N) is 1. The first-order valence-corrected chi connectivity index (χ1v) is 6.53. The largest absolute Gasteiger partial charge is 0.468 e. The molecule has 0 aliphatic rings. The third kappa shape index (κ3) is 5.65. The van der Waals surface area contributed by atoms with E-state index in [0.29, 0.717) is 11.5 Å². The van der Waals surface area contributed by atoms with Crippen LogP contribution >= 0.6 is 0 Å². The van der Waals surface area contributed by atoms with Crippen LogP contribution in [-0.4, -0.2) is 30.1 Å². The molecule has 120 valence electrons. The lowest BCUT2D eigenvalue weighted by atomic mass is 10.3. The van der Waals surface area contributed by atoms with Crippen molar-refractivity contribution >= 4 is 5.91 Å². The number of nitrogens with one attached hydrogen (secondary N) is 1. The minimum Gasteiger partial charge on any atom is -0.468 e. The van der Waals surface area contributed by atoms with E-state index in [4.69, 9.17) is 8.83 Å². The summed E-state index contributed by atoms with van der Waals surface area (Å²) in [5.74, 6) is 0.501. The van der Waals surface area contributed by atoms with Gasteiger partial charge in [-0.25, -0.2) is 0 Å². The van der Waals surface area contributed by atoms with Crippen molar-refractivity contribution in [2.45, 2.75) is 19.3 Å². The summed E-state index contributed by atoms with van der Waals surface area (Å²) in [6.07, 6.45) is -1.45. The molecule has 1 amide bonds. The number of furan rings is 2. The number of hydrogen-bond donors (Lipinski definition) is 1. The molecule has 2 aromatic heterocycles. The summed E-state index contributed by atoms with van der Waals surface area (Å²) >= 11 is 0. The van der Waals surface area contributed by atoms with Crippen molar-refractivity contribution in [3.05, 3.63) is 48.3 Å². The Morgan fingerprint density at radius 3 is 2.05 bits per heavy atom. The quantitative estimate of drug-likeness (QED) is 0.853. The normalized spacial score (nSPS) is 11.8. The van der Waals surface area contributed by atoms with Crippen LogP contribution in [0.5, 0.6) is 0 Å². The van der Waals surface area contributed by atoms with Crippen LogP contribution < -0.4 is 5.32 Å². The van der Waals surface area contributed by atoms with Crippen LogP contribution in [-0.2, 0) is 17.9 Å². The molecular formula is C14H15F3N2O3. The summed E-state index contributed by atoms with van der Waals surface area (Å²) < 4.78 is 46.7. The standard InChI is InChI=1S/C14H15F3N2O3/c15-14(16,17)10-18-13(20)9-19(7-11-3-1-5-21-11)8-12-4-2-6-22-12/h1-6H,7-10H2,(H,18,20). The molecule has 0 aliphatic heterocycles. The molecule has 2 heterocycles. The summed E-state index contributed by atoms with van der Waals surface area (Å²) in [7, 11) is 0. The van der Waals surface area contributed by atoms with Crippen molar-refractivity contribution in [2.75, 3.05) is 13.1 Å². The van der Waals surface area contributed by atoms with Crippen LogP contribution in [0.15, 0.2) is 45.6 Å². The molecule has 0 aliphatic carbocycles. The highest BCUT2D eigenvalue weighted by Crippen LogP contribution is 2.13. The van der Waals surface area contributed by atoms with Crippen LogP contribution in [0.4, 0.5) is 13.2 Å². The smallest absolute Gasteiger partial charge is 0.405 e. The fourth-order valence-electron chi connectivity index (χ4n) is 1.87. The Hall–Kier alpha value is -2.22. The first-order valence-electron chi connectivity index (χ1n) is 6.53. The second-order valence-corrected chi connectivity index (χ2v) is 4.70. The minimum absolute atomic E-state index is 0.197. The van der Waals surface area contributed by atoms with Crippen LogP contribution in [0.2, 0.25) is 0 Å². The summed E-state index contributed by atoms with van der Waals surface area (Å²) in [5, 5.41) is 1.85. The molecule has 22 heavy (non-hydrogen) atoms. The zero-order chi connectivity index (χ0) is 16.0. The van der Waals surface area contributed by atoms with E-state index in [1.807, 2.05) is 5.32 Å². The maximum Gasteiger partial charge on any atom is 0.405 e. The number of hydrogen-bond acceptors (Lipinski definition) is 4. The molecule has 0 aromatic carbocycles.